The first kappa shape index (κ1) is 22.7. The zero-order valence-electron chi connectivity index (χ0n) is 20.7. The number of amides is 1. The minimum absolute atomic E-state index is 0.00315. The first-order valence-corrected chi connectivity index (χ1v) is 12.2. The molecule has 4 atom stereocenters. The van der Waals surface area contributed by atoms with Crippen LogP contribution in [0.3, 0.4) is 0 Å². The second-order valence-electron chi connectivity index (χ2n) is 9.66. The molecule has 0 radical (unpaired) electrons. The lowest BCUT2D eigenvalue weighted by Crippen LogP contribution is -2.46. The Labute approximate surface area is 210 Å². The number of rotatable bonds is 5. The first-order chi connectivity index (χ1) is 17.6. The minimum Gasteiger partial charge on any atom is -0.493 e. The second-order valence-corrected chi connectivity index (χ2v) is 9.66. The normalized spacial score (nSPS) is 26.4. The highest BCUT2D eigenvalue weighted by Crippen LogP contribution is 2.58. The van der Waals surface area contributed by atoms with Crippen LogP contribution >= 0.6 is 0 Å². The van der Waals surface area contributed by atoms with Gasteiger partial charge in [0.15, 0.2) is 17.7 Å². The van der Waals surface area contributed by atoms with Crippen LogP contribution in [-0.2, 0) is 16.0 Å². The van der Waals surface area contributed by atoms with Crippen LogP contribution in [0.15, 0.2) is 66.7 Å². The zero-order chi connectivity index (χ0) is 24.9. The molecule has 7 nitrogen and oxygen atoms in total. The van der Waals surface area contributed by atoms with Gasteiger partial charge in [-0.3, -0.25) is 4.79 Å². The standard InChI is InChI=1S/C29H30N2O5/c1-33-23-14-13-21(24(34-2)25(23)35-3)26-29(15-19-11-7-8-12-22(19)30-26)16-20-17-36-27(31(20)28(29)32)18-9-5-4-6-10-18/h4-14,20,26-27,30H,15-17H2,1-3H3/t20-,26?,27+,29-/m1/s1. The highest BCUT2D eigenvalue weighted by Gasteiger charge is 2.62. The molecule has 1 N–H and O–H groups in total. The van der Waals surface area contributed by atoms with Gasteiger partial charge in [-0.25, -0.2) is 0 Å². The van der Waals surface area contributed by atoms with Crippen LogP contribution in [-0.4, -0.2) is 44.8 Å². The van der Waals surface area contributed by atoms with E-state index >= 15 is 0 Å². The molecule has 1 amide bonds. The van der Waals surface area contributed by atoms with E-state index in [9.17, 15) is 4.79 Å². The van der Waals surface area contributed by atoms with Crippen LogP contribution in [0, 0.1) is 5.41 Å². The number of carbonyl (C=O) groups excluding carboxylic acids is 1. The van der Waals surface area contributed by atoms with Gasteiger partial charge in [0.2, 0.25) is 11.7 Å². The van der Waals surface area contributed by atoms with Gasteiger partial charge < -0.3 is 29.2 Å². The SMILES string of the molecule is COc1ccc(C2Nc3ccccc3C[C@@]23C[C@@H]2CO[C@@H](c4ccccc4)N2C3=O)c(OC)c1OC. The molecule has 3 heterocycles. The summed E-state index contributed by atoms with van der Waals surface area (Å²) in [5.74, 6) is 1.77. The van der Waals surface area contributed by atoms with Crippen LogP contribution in [0.5, 0.6) is 17.2 Å². The molecule has 1 spiro atoms. The summed E-state index contributed by atoms with van der Waals surface area (Å²) in [6.45, 7) is 0.518. The van der Waals surface area contributed by atoms with Gasteiger partial charge in [0.05, 0.1) is 45.4 Å². The van der Waals surface area contributed by atoms with E-state index < -0.39 is 5.41 Å². The molecule has 1 unspecified atom stereocenters. The largest absolute Gasteiger partial charge is 0.493 e. The maximum absolute atomic E-state index is 14.5. The number of carbonyl (C=O) groups is 1. The smallest absolute Gasteiger partial charge is 0.234 e. The molecule has 0 bridgehead atoms. The van der Waals surface area contributed by atoms with E-state index in [1.807, 2.05) is 59.5 Å². The quantitative estimate of drug-likeness (QED) is 0.562. The molecule has 3 aliphatic rings. The van der Waals surface area contributed by atoms with Crippen LogP contribution in [0.25, 0.3) is 0 Å². The maximum Gasteiger partial charge on any atom is 0.234 e. The number of anilines is 1. The number of para-hydroxylation sites is 1. The highest BCUT2D eigenvalue weighted by atomic mass is 16.5. The van der Waals surface area contributed by atoms with E-state index in [1.54, 1.807) is 21.3 Å². The minimum atomic E-state index is -0.706. The molecule has 3 aliphatic heterocycles. The Morgan fingerprint density at radius 3 is 2.42 bits per heavy atom. The van der Waals surface area contributed by atoms with Gasteiger partial charge in [-0.1, -0.05) is 48.5 Å². The highest BCUT2D eigenvalue weighted by molar-refractivity contribution is 5.89. The molecule has 3 aromatic rings. The molecule has 0 aromatic heterocycles. The number of nitrogens with zero attached hydrogens (tertiary/aromatic N) is 1. The number of methoxy groups -OCH3 is 3. The van der Waals surface area contributed by atoms with Crippen molar-refractivity contribution in [1.29, 1.82) is 0 Å². The second kappa shape index (κ2) is 8.75. The van der Waals surface area contributed by atoms with Gasteiger partial charge in [-0.2, -0.15) is 0 Å². The summed E-state index contributed by atoms with van der Waals surface area (Å²) in [4.78, 5) is 16.5. The molecule has 36 heavy (non-hydrogen) atoms. The van der Waals surface area contributed by atoms with E-state index in [-0.39, 0.29) is 24.2 Å². The van der Waals surface area contributed by atoms with Crippen molar-refractivity contribution >= 4 is 11.6 Å². The molecule has 186 valence electrons. The van der Waals surface area contributed by atoms with Gasteiger partial charge >= 0.3 is 0 Å². The Morgan fingerprint density at radius 1 is 0.917 bits per heavy atom. The number of fused-ring (bicyclic) bond motifs is 2. The van der Waals surface area contributed by atoms with Crippen molar-refractivity contribution in [3.63, 3.8) is 0 Å². The van der Waals surface area contributed by atoms with E-state index in [1.165, 1.54) is 0 Å². The number of benzene rings is 3. The molecule has 2 saturated heterocycles. The number of hydrogen-bond acceptors (Lipinski definition) is 6. The average molecular weight is 487 g/mol. The lowest BCUT2D eigenvalue weighted by Gasteiger charge is -2.43. The molecule has 0 aliphatic carbocycles. The topological polar surface area (TPSA) is 69.3 Å². The Balaban J connectivity index is 1.49. The lowest BCUT2D eigenvalue weighted by molar-refractivity contribution is -0.143. The average Bonchev–Trinajstić information content (AvgIpc) is 3.45. The molecule has 6 rings (SSSR count). The molecule has 0 saturated carbocycles. The summed E-state index contributed by atoms with van der Waals surface area (Å²) < 4.78 is 23.3. The van der Waals surface area contributed by atoms with E-state index in [2.05, 4.69) is 17.4 Å². The van der Waals surface area contributed by atoms with Crippen molar-refractivity contribution in [2.45, 2.75) is 31.2 Å². The molecular weight excluding hydrogens is 456 g/mol. The Hall–Kier alpha value is -3.71. The summed E-state index contributed by atoms with van der Waals surface area (Å²) in [7, 11) is 4.83. The summed E-state index contributed by atoms with van der Waals surface area (Å²) in [5.41, 5.74) is 3.33. The van der Waals surface area contributed by atoms with E-state index in [0.717, 1.165) is 22.4 Å². The fourth-order valence-electron chi connectivity index (χ4n) is 6.29. The lowest BCUT2D eigenvalue weighted by atomic mass is 9.68. The molecule has 7 heteroatoms. The zero-order valence-corrected chi connectivity index (χ0v) is 20.7. The third-order valence-corrected chi connectivity index (χ3v) is 7.86. The van der Waals surface area contributed by atoms with Gasteiger partial charge in [0, 0.05) is 16.8 Å². The van der Waals surface area contributed by atoms with Crippen LogP contribution in [0.1, 0.15) is 35.4 Å². The predicted molar refractivity (Wildman–Crippen MR) is 135 cm³/mol. The van der Waals surface area contributed by atoms with Crippen molar-refractivity contribution in [3.05, 3.63) is 83.4 Å². The number of nitrogens with one attached hydrogen (secondary N) is 1. The van der Waals surface area contributed by atoms with Gasteiger partial charge in [0.25, 0.3) is 0 Å². The number of hydrogen-bond donors (Lipinski definition) is 1. The third-order valence-electron chi connectivity index (χ3n) is 7.86. The van der Waals surface area contributed by atoms with Crippen molar-refractivity contribution in [2.24, 2.45) is 5.41 Å². The van der Waals surface area contributed by atoms with Gasteiger partial charge in [-0.05, 0) is 36.6 Å². The fraction of sp³-hybridized carbons (Fsp3) is 0.345. The van der Waals surface area contributed by atoms with Crippen molar-refractivity contribution < 1.29 is 23.7 Å². The van der Waals surface area contributed by atoms with Gasteiger partial charge in [0.1, 0.15) is 0 Å². The Morgan fingerprint density at radius 2 is 1.67 bits per heavy atom. The Bertz CT molecular complexity index is 1300. The predicted octanol–water partition coefficient (Wildman–Crippen LogP) is 4.74. The number of ether oxygens (including phenoxy) is 4. The monoisotopic (exact) mass is 486 g/mol. The molecule has 3 aromatic carbocycles. The summed E-state index contributed by atoms with van der Waals surface area (Å²) in [5, 5.41) is 3.72. The molecular formula is C29H30N2O5. The fourth-order valence-corrected chi connectivity index (χ4v) is 6.29. The third kappa shape index (κ3) is 3.26. The van der Waals surface area contributed by atoms with Crippen LogP contribution < -0.4 is 19.5 Å². The van der Waals surface area contributed by atoms with E-state index in [0.29, 0.717) is 36.7 Å². The van der Waals surface area contributed by atoms with Crippen molar-refractivity contribution in [1.82, 2.24) is 4.90 Å². The first-order valence-electron chi connectivity index (χ1n) is 12.2. The van der Waals surface area contributed by atoms with Crippen LogP contribution in [0.2, 0.25) is 0 Å². The summed E-state index contributed by atoms with van der Waals surface area (Å²) in [6, 6.07) is 21.7. The molecule has 2 fully saturated rings. The van der Waals surface area contributed by atoms with Crippen LogP contribution in [0.4, 0.5) is 5.69 Å². The maximum atomic E-state index is 14.5. The van der Waals surface area contributed by atoms with Crippen molar-refractivity contribution in [2.75, 3.05) is 33.3 Å². The van der Waals surface area contributed by atoms with Crippen molar-refractivity contribution in [3.8, 4) is 17.2 Å². The Kier molecular flexibility index (Phi) is 5.52. The summed E-state index contributed by atoms with van der Waals surface area (Å²) in [6.07, 6.45) is 0.929. The summed E-state index contributed by atoms with van der Waals surface area (Å²) >= 11 is 0. The van der Waals surface area contributed by atoms with E-state index in [4.69, 9.17) is 18.9 Å². The van der Waals surface area contributed by atoms with Gasteiger partial charge in [-0.15, -0.1) is 0 Å².